The highest BCUT2D eigenvalue weighted by Gasteiger charge is 2.58. The molecule has 1 saturated heterocycles. The van der Waals surface area contributed by atoms with E-state index in [9.17, 15) is 31.2 Å². The molecule has 7 N–H and O–H groups in total. The maximum absolute atomic E-state index is 13.0. The number of aromatic nitrogens is 2. The molecule has 3 aromatic rings. The van der Waals surface area contributed by atoms with Crippen LogP contribution in [0.1, 0.15) is 19.5 Å². The Morgan fingerprint density at radius 2 is 1.89 bits per heavy atom. The highest BCUT2D eigenvalue weighted by Crippen LogP contribution is 2.33. The number of carboxylic acid groups (broad SMARTS) is 1. The van der Waals surface area contributed by atoms with Gasteiger partial charge in [-0.3, -0.25) is 14.1 Å². The van der Waals surface area contributed by atoms with Gasteiger partial charge in [0.15, 0.2) is 17.5 Å². The van der Waals surface area contributed by atoms with Gasteiger partial charge in [0.1, 0.15) is 29.9 Å². The summed E-state index contributed by atoms with van der Waals surface area (Å²) < 4.78 is 72.6. The first-order valence-corrected chi connectivity index (χ1v) is 14.4. The standard InChI is InChI=1S/C21H23N7O8S2.C2HF3O2/c1-21(2)16(19(30)28(21)36-38(31,32)33)26-18(29)15(14-10-37-20(23)25-14)27-35-8-7-34-12-3-4-13-11(9-12)5-6-24-17(13)22;3-2(4,5)1(6)7/h3-6,9-10,16H,7-8H2,1-2H3,(H2,22,24)(H2,23,25)(H,26,29)(H,31,32,33);(H,6,7)/b27-15-;/t16-;/m1./s1. The summed E-state index contributed by atoms with van der Waals surface area (Å²) >= 11 is 1.06. The molecule has 45 heavy (non-hydrogen) atoms. The van der Waals surface area contributed by atoms with E-state index in [4.69, 9.17) is 35.5 Å². The van der Waals surface area contributed by atoms with E-state index in [2.05, 4.69) is 24.7 Å². The Morgan fingerprint density at radius 3 is 2.44 bits per heavy atom. The van der Waals surface area contributed by atoms with Gasteiger partial charge in [0.2, 0.25) is 0 Å². The van der Waals surface area contributed by atoms with Crippen LogP contribution in [0, 0.1) is 0 Å². The molecule has 17 nitrogen and oxygen atoms in total. The first-order valence-electron chi connectivity index (χ1n) is 12.1. The number of fused-ring (bicyclic) bond motifs is 1. The number of halogens is 3. The SMILES string of the molecule is CC1(C)[C@H](NC(=O)/C(=N\OCCOc2ccc3c(N)nccc3c2)c2csc(N)n2)C(=O)N1OS(=O)(=O)O.O=C(O)C(F)(F)F. The molecule has 4 rings (SSSR count). The monoisotopic (exact) mass is 679 g/mol. The van der Waals surface area contributed by atoms with E-state index in [0.717, 1.165) is 22.1 Å². The van der Waals surface area contributed by atoms with Crippen molar-refractivity contribution in [3.8, 4) is 5.75 Å². The van der Waals surface area contributed by atoms with Gasteiger partial charge >= 0.3 is 22.5 Å². The lowest BCUT2D eigenvalue weighted by Gasteiger charge is -2.50. The Bertz CT molecular complexity index is 1730. The van der Waals surface area contributed by atoms with Crippen LogP contribution in [0.5, 0.6) is 5.75 Å². The van der Waals surface area contributed by atoms with Crippen molar-refractivity contribution in [2.75, 3.05) is 24.7 Å². The van der Waals surface area contributed by atoms with Gasteiger partial charge in [-0.1, -0.05) is 5.16 Å². The van der Waals surface area contributed by atoms with Gasteiger partial charge in [-0.15, -0.1) is 15.6 Å². The molecule has 0 radical (unpaired) electrons. The van der Waals surface area contributed by atoms with Gasteiger partial charge in [-0.25, -0.2) is 14.8 Å². The molecule has 1 atom stereocenters. The average Bonchev–Trinajstić information content (AvgIpc) is 3.37. The second-order valence-electron chi connectivity index (χ2n) is 9.27. The molecule has 0 aliphatic carbocycles. The fourth-order valence-corrected chi connectivity index (χ4v) is 4.60. The topological polar surface area (TPSA) is 259 Å². The lowest BCUT2D eigenvalue weighted by atomic mass is 9.84. The molecule has 0 unspecified atom stereocenters. The van der Waals surface area contributed by atoms with Crippen molar-refractivity contribution in [2.24, 2.45) is 5.16 Å². The van der Waals surface area contributed by atoms with E-state index in [1.54, 1.807) is 30.5 Å². The summed E-state index contributed by atoms with van der Waals surface area (Å²) in [5.74, 6) is -3.53. The first-order chi connectivity index (χ1) is 20.8. The number of benzene rings is 1. The van der Waals surface area contributed by atoms with E-state index in [0.29, 0.717) is 16.6 Å². The average molecular weight is 680 g/mol. The number of hydrogen-bond donors (Lipinski definition) is 5. The number of nitrogen functional groups attached to an aromatic ring is 2. The summed E-state index contributed by atoms with van der Waals surface area (Å²) in [6, 6.07) is 5.91. The maximum atomic E-state index is 13.0. The number of nitrogens with two attached hydrogens (primary N) is 2. The van der Waals surface area contributed by atoms with Crippen LogP contribution in [0.15, 0.2) is 41.0 Å². The second-order valence-corrected chi connectivity index (χ2v) is 11.2. The van der Waals surface area contributed by atoms with Crippen molar-refractivity contribution < 1.29 is 59.5 Å². The van der Waals surface area contributed by atoms with Crippen LogP contribution in [0.4, 0.5) is 24.1 Å². The lowest BCUT2D eigenvalue weighted by Crippen LogP contribution is -2.76. The highest BCUT2D eigenvalue weighted by atomic mass is 32.3. The molecular weight excluding hydrogens is 655 g/mol. The lowest BCUT2D eigenvalue weighted by molar-refractivity contribution is -0.218. The number of carbonyl (C=O) groups excluding carboxylic acids is 2. The molecule has 244 valence electrons. The number of nitrogens with zero attached hydrogens (tertiary/aromatic N) is 4. The van der Waals surface area contributed by atoms with Crippen molar-refractivity contribution >= 4 is 67.0 Å². The zero-order valence-electron chi connectivity index (χ0n) is 23.0. The van der Waals surface area contributed by atoms with Gasteiger partial charge in [0, 0.05) is 17.0 Å². The number of alkyl halides is 3. The van der Waals surface area contributed by atoms with Gasteiger partial charge < -0.3 is 31.5 Å². The minimum absolute atomic E-state index is 0.0449. The number of hydroxylamine groups is 2. The summed E-state index contributed by atoms with van der Waals surface area (Å²) in [5.41, 5.74) is 10.0. The zero-order chi connectivity index (χ0) is 33.7. The molecule has 3 heterocycles. The smallest absolute Gasteiger partial charge is 0.490 e. The molecule has 2 aromatic heterocycles. The third-order valence-corrected chi connectivity index (χ3v) is 6.72. The van der Waals surface area contributed by atoms with E-state index in [1.807, 2.05) is 0 Å². The Balaban J connectivity index is 0.000000707. The van der Waals surface area contributed by atoms with Crippen molar-refractivity contribution in [1.29, 1.82) is 0 Å². The third kappa shape index (κ3) is 8.87. The van der Waals surface area contributed by atoms with E-state index in [1.165, 1.54) is 19.2 Å². The van der Waals surface area contributed by atoms with Crippen molar-refractivity contribution in [3.05, 3.63) is 41.5 Å². The van der Waals surface area contributed by atoms with Crippen LogP contribution in [0.2, 0.25) is 0 Å². The second kappa shape index (κ2) is 13.5. The van der Waals surface area contributed by atoms with Crippen LogP contribution >= 0.6 is 11.3 Å². The van der Waals surface area contributed by atoms with E-state index < -0.39 is 45.9 Å². The summed E-state index contributed by atoms with van der Waals surface area (Å²) in [6.07, 6.45) is -3.49. The number of thiazole rings is 1. The number of oxime groups is 1. The van der Waals surface area contributed by atoms with E-state index >= 15 is 0 Å². The Labute approximate surface area is 255 Å². The molecule has 0 bridgehead atoms. The number of ether oxygens (including phenoxy) is 1. The Hall–Kier alpha value is -4.80. The number of β-lactam (4-membered cyclic amide) rings is 1. The summed E-state index contributed by atoms with van der Waals surface area (Å²) in [7, 11) is -4.94. The third-order valence-electron chi connectivity index (χ3n) is 5.71. The van der Waals surface area contributed by atoms with Gasteiger partial charge in [-0.2, -0.15) is 26.7 Å². The normalized spacial score (nSPS) is 16.3. The van der Waals surface area contributed by atoms with E-state index in [-0.39, 0.29) is 29.8 Å². The molecule has 1 fully saturated rings. The Morgan fingerprint density at radius 1 is 1.22 bits per heavy atom. The van der Waals surface area contributed by atoms with Gasteiger partial charge in [0.25, 0.3) is 11.8 Å². The number of nitrogens with one attached hydrogen (secondary N) is 1. The molecule has 0 saturated carbocycles. The molecule has 1 aliphatic heterocycles. The van der Waals surface area contributed by atoms with Crippen LogP contribution in [-0.4, -0.2) is 87.6 Å². The predicted octanol–water partition coefficient (Wildman–Crippen LogP) is 1.13. The molecule has 0 spiro atoms. The van der Waals surface area contributed by atoms with Crippen molar-refractivity contribution in [1.82, 2.24) is 20.3 Å². The quantitative estimate of drug-likeness (QED) is 0.0662. The molecule has 2 amide bonds. The largest absolute Gasteiger partial charge is 0.490 e. The van der Waals surface area contributed by atoms with Gasteiger partial charge in [0.05, 0.1) is 5.54 Å². The van der Waals surface area contributed by atoms with Crippen LogP contribution < -0.4 is 21.5 Å². The number of carboxylic acids is 1. The zero-order valence-corrected chi connectivity index (χ0v) is 24.6. The number of hydrogen-bond acceptors (Lipinski definition) is 14. The fraction of sp³-hybridized carbons (Fsp3) is 0.304. The van der Waals surface area contributed by atoms with Crippen LogP contribution in [0.3, 0.4) is 0 Å². The van der Waals surface area contributed by atoms with Crippen molar-refractivity contribution in [3.63, 3.8) is 0 Å². The first kappa shape index (κ1) is 34.7. The summed E-state index contributed by atoms with van der Waals surface area (Å²) in [5, 5.41) is 17.2. The van der Waals surface area contributed by atoms with Crippen LogP contribution in [-0.2, 0) is 33.9 Å². The number of pyridine rings is 1. The van der Waals surface area contributed by atoms with Gasteiger partial charge in [-0.05, 0) is 43.5 Å². The summed E-state index contributed by atoms with van der Waals surface area (Å²) in [6.45, 7) is 2.89. The number of rotatable bonds is 10. The predicted molar refractivity (Wildman–Crippen MR) is 150 cm³/mol. The molecule has 1 aromatic carbocycles. The highest BCUT2D eigenvalue weighted by molar-refractivity contribution is 7.80. The number of anilines is 2. The molecular formula is C23H24F3N7O10S2. The molecule has 1 aliphatic rings. The Kier molecular flexibility index (Phi) is 10.4. The van der Waals surface area contributed by atoms with Crippen LogP contribution in [0.25, 0.3) is 10.8 Å². The van der Waals surface area contributed by atoms with Crippen molar-refractivity contribution in [2.45, 2.75) is 31.6 Å². The number of aliphatic carboxylic acids is 1. The number of amides is 2. The minimum atomic E-state index is -5.08. The maximum Gasteiger partial charge on any atom is 0.490 e. The molecule has 22 heteroatoms. The fourth-order valence-electron chi connectivity index (χ4n) is 3.60. The number of carbonyl (C=O) groups is 3. The minimum Gasteiger partial charge on any atom is -0.490 e. The summed E-state index contributed by atoms with van der Waals surface area (Å²) in [4.78, 5) is 47.6.